The normalized spacial score (nSPS) is 22.7. The van der Waals surface area contributed by atoms with Crippen LogP contribution in [-0.2, 0) is 0 Å². The lowest BCUT2D eigenvalue weighted by atomic mass is 9.92. The zero-order valence-corrected chi connectivity index (χ0v) is 12.2. The summed E-state index contributed by atoms with van der Waals surface area (Å²) in [4.78, 5) is 15.7. The molecule has 0 saturated heterocycles. The van der Waals surface area contributed by atoms with Crippen LogP contribution >= 0.6 is 23.6 Å². The highest BCUT2D eigenvalue weighted by Gasteiger charge is 2.33. The van der Waals surface area contributed by atoms with Crippen LogP contribution in [0.4, 0.5) is 0 Å². The van der Waals surface area contributed by atoms with Crippen LogP contribution in [0.25, 0.3) is 10.2 Å². The lowest BCUT2D eigenvalue weighted by Gasteiger charge is -2.18. The smallest absolute Gasteiger partial charge is 0.272 e. The van der Waals surface area contributed by atoms with Crippen LogP contribution in [0.5, 0.6) is 0 Å². The highest BCUT2D eigenvalue weighted by atomic mass is 32.1. The minimum Gasteiger partial charge on any atom is -0.331 e. The van der Waals surface area contributed by atoms with Crippen molar-refractivity contribution in [3.8, 4) is 0 Å². The molecular formula is C13H16N2OS2. The SMILES string of the molecule is CC1(C)CCC(n2c(=S)[nH]c3ccsc3c2=O)C1. The molecule has 0 aliphatic heterocycles. The van der Waals surface area contributed by atoms with Crippen molar-refractivity contribution < 1.29 is 0 Å². The van der Waals surface area contributed by atoms with Gasteiger partial charge in [-0.1, -0.05) is 13.8 Å². The molecule has 0 amide bonds. The molecule has 18 heavy (non-hydrogen) atoms. The first-order valence-electron chi connectivity index (χ1n) is 6.20. The van der Waals surface area contributed by atoms with Gasteiger partial charge >= 0.3 is 0 Å². The summed E-state index contributed by atoms with van der Waals surface area (Å²) in [5.41, 5.74) is 1.26. The maximum absolute atomic E-state index is 12.5. The molecule has 1 aliphatic rings. The van der Waals surface area contributed by atoms with E-state index in [9.17, 15) is 4.79 Å². The van der Waals surface area contributed by atoms with Crippen LogP contribution in [0.3, 0.4) is 0 Å². The van der Waals surface area contributed by atoms with Gasteiger partial charge in [-0.15, -0.1) is 11.3 Å². The van der Waals surface area contributed by atoms with Crippen molar-refractivity contribution in [3.05, 3.63) is 26.6 Å². The lowest BCUT2D eigenvalue weighted by molar-refractivity contribution is 0.355. The average Bonchev–Trinajstić information content (AvgIpc) is 2.85. The van der Waals surface area contributed by atoms with E-state index in [0.29, 0.717) is 10.2 Å². The maximum Gasteiger partial charge on any atom is 0.272 e. The number of nitrogens with zero attached hydrogens (tertiary/aromatic N) is 1. The largest absolute Gasteiger partial charge is 0.331 e. The van der Waals surface area contributed by atoms with Gasteiger partial charge in [0.2, 0.25) is 0 Å². The Morgan fingerprint density at radius 2 is 2.33 bits per heavy atom. The van der Waals surface area contributed by atoms with E-state index in [0.717, 1.165) is 29.5 Å². The van der Waals surface area contributed by atoms with E-state index in [1.165, 1.54) is 11.3 Å². The van der Waals surface area contributed by atoms with Crippen molar-refractivity contribution in [2.45, 2.75) is 39.2 Å². The molecule has 1 atom stereocenters. The first kappa shape index (κ1) is 12.1. The minimum absolute atomic E-state index is 0.0754. The summed E-state index contributed by atoms with van der Waals surface area (Å²) in [6.07, 6.45) is 3.23. The highest BCUT2D eigenvalue weighted by Crippen LogP contribution is 2.43. The minimum atomic E-state index is 0.0754. The summed E-state index contributed by atoms with van der Waals surface area (Å²) >= 11 is 6.84. The number of fused-ring (bicyclic) bond motifs is 1. The predicted octanol–water partition coefficient (Wildman–Crippen LogP) is 3.87. The van der Waals surface area contributed by atoms with Crippen molar-refractivity contribution in [1.82, 2.24) is 9.55 Å². The Morgan fingerprint density at radius 3 is 3.00 bits per heavy atom. The summed E-state index contributed by atoms with van der Waals surface area (Å²) in [5, 5.41) is 1.93. The highest BCUT2D eigenvalue weighted by molar-refractivity contribution is 7.71. The van der Waals surface area contributed by atoms with E-state index >= 15 is 0 Å². The van der Waals surface area contributed by atoms with Crippen LogP contribution in [0.1, 0.15) is 39.2 Å². The average molecular weight is 280 g/mol. The summed E-state index contributed by atoms with van der Waals surface area (Å²) in [6, 6.07) is 2.17. The molecule has 0 bridgehead atoms. The van der Waals surface area contributed by atoms with Gasteiger partial charge in [-0.25, -0.2) is 0 Å². The third kappa shape index (κ3) is 1.86. The van der Waals surface area contributed by atoms with Crippen molar-refractivity contribution in [1.29, 1.82) is 0 Å². The lowest BCUT2D eigenvalue weighted by Crippen LogP contribution is -2.25. The molecule has 1 unspecified atom stereocenters. The van der Waals surface area contributed by atoms with Gasteiger partial charge < -0.3 is 4.98 Å². The molecule has 3 rings (SSSR count). The number of H-pyrrole nitrogens is 1. The number of aromatic amines is 1. The van der Waals surface area contributed by atoms with Gasteiger partial charge in [0, 0.05) is 6.04 Å². The van der Waals surface area contributed by atoms with E-state index < -0.39 is 0 Å². The summed E-state index contributed by atoms with van der Waals surface area (Å²) in [6.45, 7) is 4.52. The number of nitrogens with one attached hydrogen (secondary N) is 1. The van der Waals surface area contributed by atoms with Crippen LogP contribution in [-0.4, -0.2) is 9.55 Å². The Labute approximate surface area is 114 Å². The van der Waals surface area contributed by atoms with Gasteiger partial charge in [0.25, 0.3) is 5.56 Å². The molecule has 2 aromatic rings. The Balaban J connectivity index is 2.18. The second-order valence-corrected chi connectivity index (χ2v) is 7.13. The van der Waals surface area contributed by atoms with Gasteiger partial charge in [-0.05, 0) is 48.3 Å². The van der Waals surface area contributed by atoms with Gasteiger partial charge in [-0.2, -0.15) is 0 Å². The maximum atomic E-state index is 12.5. The van der Waals surface area contributed by atoms with Gasteiger partial charge in [-0.3, -0.25) is 9.36 Å². The quantitative estimate of drug-likeness (QED) is 0.805. The molecular weight excluding hydrogens is 264 g/mol. The topological polar surface area (TPSA) is 37.8 Å². The molecule has 2 aromatic heterocycles. The summed E-state index contributed by atoms with van der Waals surface area (Å²) in [5.74, 6) is 0. The zero-order chi connectivity index (χ0) is 12.9. The number of aromatic nitrogens is 2. The number of thiophene rings is 1. The fourth-order valence-electron chi connectivity index (χ4n) is 2.90. The predicted molar refractivity (Wildman–Crippen MR) is 77.9 cm³/mol. The number of hydrogen-bond donors (Lipinski definition) is 1. The second-order valence-electron chi connectivity index (χ2n) is 5.83. The van der Waals surface area contributed by atoms with Gasteiger partial charge in [0.15, 0.2) is 4.77 Å². The van der Waals surface area contributed by atoms with E-state index in [2.05, 4.69) is 18.8 Å². The molecule has 0 radical (unpaired) electrons. The Hall–Kier alpha value is -0.940. The summed E-state index contributed by atoms with van der Waals surface area (Å²) in [7, 11) is 0. The van der Waals surface area contributed by atoms with E-state index in [1.54, 1.807) is 4.57 Å². The third-order valence-corrected chi connectivity index (χ3v) is 5.05. The first-order valence-corrected chi connectivity index (χ1v) is 7.49. The monoisotopic (exact) mass is 280 g/mol. The van der Waals surface area contributed by atoms with Crippen LogP contribution in [0.15, 0.2) is 16.2 Å². The van der Waals surface area contributed by atoms with Crippen LogP contribution in [0.2, 0.25) is 0 Å². The molecule has 1 aliphatic carbocycles. The fraction of sp³-hybridized carbons (Fsp3) is 0.538. The van der Waals surface area contributed by atoms with Crippen molar-refractivity contribution in [2.75, 3.05) is 0 Å². The number of hydrogen-bond acceptors (Lipinski definition) is 3. The van der Waals surface area contributed by atoms with Gasteiger partial charge in [0.05, 0.1) is 5.52 Å². The van der Waals surface area contributed by atoms with Crippen molar-refractivity contribution in [3.63, 3.8) is 0 Å². The summed E-state index contributed by atoms with van der Waals surface area (Å²) < 4.78 is 3.14. The molecule has 1 saturated carbocycles. The van der Waals surface area contributed by atoms with Crippen LogP contribution < -0.4 is 5.56 Å². The number of rotatable bonds is 1. The molecule has 0 aromatic carbocycles. The van der Waals surface area contributed by atoms with E-state index in [1.807, 2.05) is 11.4 Å². The van der Waals surface area contributed by atoms with E-state index in [-0.39, 0.29) is 11.6 Å². The fourth-order valence-corrected chi connectivity index (χ4v) is 4.03. The standard InChI is InChI=1S/C13H16N2OS2/c1-13(2)5-3-8(7-13)15-11(16)10-9(4-6-18-10)14-12(15)17/h4,6,8H,3,5,7H2,1-2H3,(H,14,17). The Bertz CT molecular complexity index is 708. The van der Waals surface area contributed by atoms with Crippen LogP contribution in [0, 0.1) is 10.2 Å². The first-order chi connectivity index (χ1) is 8.48. The van der Waals surface area contributed by atoms with E-state index in [4.69, 9.17) is 12.2 Å². The third-order valence-electron chi connectivity index (χ3n) is 3.85. The molecule has 96 valence electrons. The molecule has 2 heterocycles. The van der Waals surface area contributed by atoms with Gasteiger partial charge in [0.1, 0.15) is 4.70 Å². The second kappa shape index (κ2) is 4.03. The molecule has 1 N–H and O–H groups in total. The molecule has 1 fully saturated rings. The Kier molecular flexibility index (Phi) is 2.71. The zero-order valence-electron chi connectivity index (χ0n) is 10.5. The molecule has 0 spiro atoms. The molecule has 5 heteroatoms. The van der Waals surface area contributed by atoms with Crippen molar-refractivity contribution in [2.24, 2.45) is 5.41 Å². The Morgan fingerprint density at radius 1 is 1.56 bits per heavy atom. The molecule has 3 nitrogen and oxygen atoms in total. The van der Waals surface area contributed by atoms with Crippen molar-refractivity contribution >= 4 is 33.8 Å².